The molecule has 0 saturated carbocycles. The molecule has 0 radical (unpaired) electrons. The van der Waals surface area contributed by atoms with Crippen molar-refractivity contribution < 1.29 is 19.1 Å². The van der Waals surface area contributed by atoms with Gasteiger partial charge in [-0.1, -0.05) is 65.8 Å². The van der Waals surface area contributed by atoms with Crippen molar-refractivity contribution in [3.05, 3.63) is 71.8 Å². The first-order chi connectivity index (χ1) is 11.6. The molecule has 0 atom stereocenters. The number of esters is 1. The van der Waals surface area contributed by atoms with E-state index in [0.717, 1.165) is 0 Å². The molecule has 0 aliphatic rings. The molecule has 1 amide bonds. The number of hydrogen-bond donors (Lipinski definition) is 0. The molecule has 0 N–H and O–H groups in total. The molecular weight excluding hydrogens is 308 g/mol. The number of nitrogens with zero attached hydrogens (tertiary/aromatic N) is 2. The van der Waals surface area contributed by atoms with Crippen LogP contribution in [0.4, 0.5) is 4.79 Å². The van der Waals surface area contributed by atoms with Gasteiger partial charge in [-0.2, -0.15) is 0 Å². The minimum absolute atomic E-state index is 0.176. The Morgan fingerprint density at radius 2 is 1.46 bits per heavy atom. The Balaban J connectivity index is 2.60. The van der Waals surface area contributed by atoms with Crippen LogP contribution >= 0.6 is 0 Å². The van der Waals surface area contributed by atoms with Gasteiger partial charge in [0.1, 0.15) is 0 Å². The summed E-state index contributed by atoms with van der Waals surface area (Å²) >= 11 is 0. The molecule has 0 aliphatic heterocycles. The van der Waals surface area contributed by atoms with Crippen molar-refractivity contribution in [1.82, 2.24) is 0 Å². The summed E-state index contributed by atoms with van der Waals surface area (Å²) in [6, 6.07) is 17.8. The Kier molecular flexibility index (Phi) is 5.78. The van der Waals surface area contributed by atoms with E-state index in [2.05, 4.69) is 10.2 Å². The molecule has 6 nitrogen and oxygen atoms in total. The number of azo groups is 1. The number of carbonyl (C=O) groups is 2. The van der Waals surface area contributed by atoms with E-state index in [1.807, 2.05) is 12.1 Å². The Morgan fingerprint density at radius 3 is 1.88 bits per heavy atom. The molecule has 24 heavy (non-hydrogen) atoms. The van der Waals surface area contributed by atoms with Crippen molar-refractivity contribution in [3.8, 4) is 0 Å². The van der Waals surface area contributed by atoms with Crippen LogP contribution in [0.15, 0.2) is 70.9 Å². The zero-order valence-electron chi connectivity index (χ0n) is 13.5. The van der Waals surface area contributed by atoms with Gasteiger partial charge in [-0.3, -0.25) is 4.79 Å². The highest BCUT2D eigenvalue weighted by Gasteiger charge is 2.38. The van der Waals surface area contributed by atoms with Gasteiger partial charge in [-0.15, -0.1) is 5.11 Å². The number of benzene rings is 2. The van der Waals surface area contributed by atoms with Crippen molar-refractivity contribution in [2.75, 3.05) is 6.61 Å². The van der Waals surface area contributed by atoms with Crippen LogP contribution < -0.4 is 0 Å². The van der Waals surface area contributed by atoms with Gasteiger partial charge in [-0.05, 0) is 6.92 Å². The zero-order valence-corrected chi connectivity index (χ0v) is 13.5. The van der Waals surface area contributed by atoms with Crippen LogP contribution in [0.5, 0.6) is 0 Å². The van der Waals surface area contributed by atoms with E-state index in [1.165, 1.54) is 6.92 Å². The maximum Gasteiger partial charge on any atom is 0.452 e. The highest BCUT2D eigenvalue weighted by molar-refractivity contribution is 5.69. The standard InChI is InChI=1S/C18H18N2O4/c1-3-23-17(22)19-20-18(24-14(2)21,15-10-6-4-7-11-15)16-12-8-5-9-13-16/h4-13H,3H2,1-2H3. The molecule has 2 aromatic rings. The molecule has 124 valence electrons. The second-order valence-corrected chi connectivity index (χ2v) is 4.87. The molecule has 0 unspecified atom stereocenters. The fourth-order valence-electron chi connectivity index (χ4n) is 2.22. The number of ether oxygens (including phenoxy) is 2. The third kappa shape index (κ3) is 4.04. The first-order valence-electron chi connectivity index (χ1n) is 7.48. The normalized spacial score (nSPS) is 11.2. The van der Waals surface area contributed by atoms with E-state index in [0.29, 0.717) is 11.1 Å². The van der Waals surface area contributed by atoms with Gasteiger partial charge in [0.05, 0.1) is 6.61 Å². The van der Waals surface area contributed by atoms with Crippen molar-refractivity contribution in [1.29, 1.82) is 0 Å². The highest BCUT2D eigenvalue weighted by atomic mass is 16.6. The molecule has 0 fully saturated rings. The molecule has 0 aromatic heterocycles. The lowest BCUT2D eigenvalue weighted by molar-refractivity contribution is -0.153. The summed E-state index contributed by atoms with van der Waals surface area (Å²) in [4.78, 5) is 23.4. The van der Waals surface area contributed by atoms with E-state index in [9.17, 15) is 9.59 Å². The van der Waals surface area contributed by atoms with E-state index >= 15 is 0 Å². The van der Waals surface area contributed by atoms with Crippen LogP contribution in [0, 0.1) is 0 Å². The van der Waals surface area contributed by atoms with Crippen molar-refractivity contribution in [2.24, 2.45) is 10.2 Å². The van der Waals surface area contributed by atoms with Gasteiger partial charge >= 0.3 is 12.1 Å². The van der Waals surface area contributed by atoms with Crippen LogP contribution in [-0.4, -0.2) is 18.7 Å². The lowest BCUT2D eigenvalue weighted by Gasteiger charge is -2.28. The quantitative estimate of drug-likeness (QED) is 0.613. The SMILES string of the molecule is CCOC(=O)N=NC(OC(C)=O)(c1ccccc1)c1ccccc1. The fraction of sp³-hybridized carbons (Fsp3) is 0.222. The van der Waals surface area contributed by atoms with Gasteiger partial charge in [0.2, 0.25) is 0 Å². The maximum absolute atomic E-state index is 11.7. The van der Waals surface area contributed by atoms with Crippen LogP contribution in [0.2, 0.25) is 0 Å². The fourth-order valence-corrected chi connectivity index (χ4v) is 2.22. The molecule has 0 bridgehead atoms. The third-order valence-electron chi connectivity index (χ3n) is 3.16. The number of hydrogen-bond acceptors (Lipinski definition) is 5. The maximum atomic E-state index is 11.7. The average molecular weight is 326 g/mol. The first-order valence-corrected chi connectivity index (χ1v) is 7.48. The van der Waals surface area contributed by atoms with Gasteiger partial charge in [0, 0.05) is 18.1 Å². The minimum Gasteiger partial charge on any atom is -0.447 e. The number of amides is 1. The third-order valence-corrected chi connectivity index (χ3v) is 3.16. The average Bonchev–Trinajstić information content (AvgIpc) is 2.60. The van der Waals surface area contributed by atoms with Crippen molar-refractivity contribution in [2.45, 2.75) is 19.6 Å². The number of carbonyl (C=O) groups excluding carboxylic acids is 2. The first kappa shape index (κ1) is 17.3. The minimum atomic E-state index is -1.55. The molecule has 0 spiro atoms. The summed E-state index contributed by atoms with van der Waals surface area (Å²) in [7, 11) is 0. The molecule has 2 aromatic carbocycles. The molecule has 0 saturated heterocycles. The lowest BCUT2D eigenvalue weighted by atomic mass is 9.95. The summed E-state index contributed by atoms with van der Waals surface area (Å²) in [5.41, 5.74) is -0.417. The Morgan fingerprint density at radius 1 is 0.958 bits per heavy atom. The second kappa shape index (κ2) is 8.01. The monoisotopic (exact) mass is 326 g/mol. The van der Waals surface area contributed by atoms with E-state index in [-0.39, 0.29) is 6.61 Å². The predicted octanol–water partition coefficient (Wildman–Crippen LogP) is 4.06. The predicted molar refractivity (Wildman–Crippen MR) is 87.3 cm³/mol. The summed E-state index contributed by atoms with van der Waals surface area (Å²) in [5, 5.41) is 7.64. The zero-order chi connectivity index (χ0) is 17.4. The molecular formula is C18H18N2O4. The smallest absolute Gasteiger partial charge is 0.447 e. The van der Waals surface area contributed by atoms with Crippen molar-refractivity contribution >= 4 is 12.1 Å². The highest BCUT2D eigenvalue weighted by Crippen LogP contribution is 2.35. The van der Waals surface area contributed by atoms with E-state index in [4.69, 9.17) is 9.47 Å². The van der Waals surface area contributed by atoms with Crippen molar-refractivity contribution in [3.63, 3.8) is 0 Å². The molecule has 2 rings (SSSR count). The van der Waals surface area contributed by atoms with Crippen LogP contribution in [0.3, 0.4) is 0 Å². The summed E-state index contributed by atoms with van der Waals surface area (Å²) in [5.74, 6) is -0.550. The summed E-state index contributed by atoms with van der Waals surface area (Å²) in [6.45, 7) is 3.12. The van der Waals surface area contributed by atoms with Gasteiger partial charge in [0.25, 0.3) is 5.72 Å². The van der Waals surface area contributed by atoms with Crippen LogP contribution in [-0.2, 0) is 20.0 Å². The van der Waals surface area contributed by atoms with Gasteiger partial charge in [-0.25, -0.2) is 4.79 Å². The topological polar surface area (TPSA) is 77.3 Å². The van der Waals surface area contributed by atoms with E-state index in [1.54, 1.807) is 55.5 Å². The molecule has 0 aliphatic carbocycles. The van der Waals surface area contributed by atoms with Gasteiger partial charge in [0.15, 0.2) is 0 Å². The van der Waals surface area contributed by atoms with Crippen LogP contribution in [0.25, 0.3) is 0 Å². The molecule has 6 heteroatoms. The summed E-state index contributed by atoms with van der Waals surface area (Å²) in [6.07, 6.45) is -0.846. The lowest BCUT2D eigenvalue weighted by Crippen LogP contribution is -2.31. The Labute approximate surface area is 140 Å². The van der Waals surface area contributed by atoms with Gasteiger partial charge < -0.3 is 9.47 Å². The largest absolute Gasteiger partial charge is 0.452 e. The van der Waals surface area contributed by atoms with E-state index < -0.39 is 17.8 Å². The summed E-state index contributed by atoms with van der Waals surface area (Å²) < 4.78 is 10.3. The van der Waals surface area contributed by atoms with Crippen LogP contribution in [0.1, 0.15) is 25.0 Å². The Hall–Kier alpha value is -3.02. The Bertz CT molecular complexity index is 675. The molecule has 0 heterocycles. The second-order valence-electron chi connectivity index (χ2n) is 4.87. The number of rotatable bonds is 5.